The number of carbonyl (C=O) groups excluding carboxylic acids is 1. The lowest BCUT2D eigenvalue weighted by Gasteiger charge is -2.34. The van der Waals surface area contributed by atoms with Crippen LogP contribution in [0.1, 0.15) is 13.3 Å². The Labute approximate surface area is 91.9 Å². The maximum atomic E-state index is 11.1. The highest BCUT2D eigenvalue weighted by Crippen LogP contribution is 2.11. The Morgan fingerprint density at radius 3 is 2.33 bits per heavy atom. The molecule has 0 aromatic rings. The summed E-state index contributed by atoms with van der Waals surface area (Å²) in [6, 6.07) is 0. The third-order valence-electron chi connectivity index (χ3n) is 2.92. The number of likely N-dealkylation sites (N-methyl/N-ethyl adjacent to an activating group) is 1. The van der Waals surface area contributed by atoms with E-state index >= 15 is 0 Å². The van der Waals surface area contributed by atoms with Gasteiger partial charge in [0, 0.05) is 38.9 Å². The van der Waals surface area contributed by atoms with Gasteiger partial charge in [-0.25, -0.2) is 0 Å². The van der Waals surface area contributed by atoms with E-state index in [0.29, 0.717) is 0 Å². The van der Waals surface area contributed by atoms with Crippen molar-refractivity contribution >= 4 is 6.29 Å². The number of hydrogen-bond acceptors (Lipinski definition) is 4. The zero-order chi connectivity index (χ0) is 11.3. The molecule has 86 valence electrons. The number of piperazine rings is 1. The minimum atomic E-state index is 0.827. The maximum Gasteiger partial charge on any atom is 0.167 e. The van der Waals surface area contributed by atoms with Gasteiger partial charge in [0.05, 0.1) is 5.70 Å². The van der Waals surface area contributed by atoms with Gasteiger partial charge in [0.15, 0.2) is 6.29 Å². The van der Waals surface area contributed by atoms with Gasteiger partial charge in [0.1, 0.15) is 0 Å². The van der Waals surface area contributed by atoms with Gasteiger partial charge < -0.3 is 15.1 Å². The van der Waals surface area contributed by atoms with Crippen molar-refractivity contribution in [2.45, 2.75) is 13.3 Å². The normalized spacial score (nSPS) is 19.8. The summed E-state index contributed by atoms with van der Waals surface area (Å²) in [5, 5.41) is 3.10. The Kier molecular flexibility index (Phi) is 4.62. The number of rotatable bonds is 4. The van der Waals surface area contributed by atoms with Gasteiger partial charge >= 0.3 is 0 Å². The smallest absolute Gasteiger partial charge is 0.167 e. The Morgan fingerprint density at radius 1 is 1.33 bits per heavy atom. The molecule has 15 heavy (non-hydrogen) atoms. The fourth-order valence-corrected chi connectivity index (χ4v) is 1.87. The lowest BCUT2D eigenvalue weighted by atomic mass is 10.2. The molecule has 1 saturated heterocycles. The van der Waals surface area contributed by atoms with Crippen molar-refractivity contribution < 1.29 is 4.79 Å². The highest BCUT2D eigenvalue weighted by atomic mass is 16.1. The van der Waals surface area contributed by atoms with Crippen molar-refractivity contribution in [1.82, 2.24) is 15.1 Å². The lowest BCUT2D eigenvalue weighted by Crippen LogP contribution is -2.44. The van der Waals surface area contributed by atoms with Gasteiger partial charge in [-0.15, -0.1) is 0 Å². The van der Waals surface area contributed by atoms with Crippen molar-refractivity contribution in [2.75, 3.05) is 40.3 Å². The molecule has 4 heteroatoms. The van der Waals surface area contributed by atoms with E-state index in [-0.39, 0.29) is 0 Å². The van der Waals surface area contributed by atoms with E-state index in [1.807, 2.05) is 7.05 Å². The van der Waals surface area contributed by atoms with Crippen molar-refractivity contribution in [3.63, 3.8) is 0 Å². The van der Waals surface area contributed by atoms with Crippen LogP contribution in [0.3, 0.4) is 0 Å². The Balaban J connectivity index is 2.74. The third-order valence-corrected chi connectivity index (χ3v) is 2.92. The molecular formula is C11H21N3O. The first-order valence-electron chi connectivity index (χ1n) is 5.52. The predicted octanol–water partition coefficient (Wildman–Crippen LogP) is 0.274. The second kappa shape index (κ2) is 5.75. The van der Waals surface area contributed by atoms with Crippen LogP contribution in [0, 0.1) is 0 Å². The van der Waals surface area contributed by atoms with Gasteiger partial charge in [-0.3, -0.25) is 4.79 Å². The zero-order valence-electron chi connectivity index (χ0n) is 9.92. The molecule has 1 heterocycles. The van der Waals surface area contributed by atoms with Crippen LogP contribution in [0.4, 0.5) is 0 Å². The van der Waals surface area contributed by atoms with E-state index in [9.17, 15) is 4.79 Å². The van der Waals surface area contributed by atoms with Crippen molar-refractivity contribution in [2.24, 2.45) is 0 Å². The molecule has 0 radical (unpaired) electrons. The van der Waals surface area contributed by atoms with Crippen molar-refractivity contribution in [1.29, 1.82) is 0 Å². The van der Waals surface area contributed by atoms with Crippen molar-refractivity contribution in [3.8, 4) is 0 Å². The predicted molar refractivity (Wildman–Crippen MR) is 61.5 cm³/mol. The summed E-state index contributed by atoms with van der Waals surface area (Å²) < 4.78 is 0. The Hall–Kier alpha value is -1.03. The molecule has 1 aliphatic heterocycles. The Bertz CT molecular complexity index is 236. The van der Waals surface area contributed by atoms with E-state index in [0.717, 1.165) is 50.3 Å². The molecule has 1 N–H and O–H groups in total. The molecule has 1 aliphatic rings. The number of hydrogen-bond donors (Lipinski definition) is 1. The summed E-state index contributed by atoms with van der Waals surface area (Å²) in [7, 11) is 3.98. The second-order valence-corrected chi connectivity index (χ2v) is 3.88. The molecule has 0 unspecified atom stereocenters. The molecule has 1 rings (SSSR count). The minimum Gasteiger partial charge on any atom is -0.390 e. The molecular weight excluding hydrogens is 190 g/mol. The average molecular weight is 211 g/mol. The van der Waals surface area contributed by atoms with Crippen LogP contribution >= 0.6 is 0 Å². The number of nitrogens with one attached hydrogen (secondary N) is 1. The number of nitrogens with zero attached hydrogens (tertiary/aromatic N) is 2. The van der Waals surface area contributed by atoms with Gasteiger partial charge in [0.25, 0.3) is 0 Å². The van der Waals surface area contributed by atoms with Crippen LogP contribution in [0.25, 0.3) is 0 Å². The first-order valence-corrected chi connectivity index (χ1v) is 5.52. The van der Waals surface area contributed by atoms with Crippen LogP contribution in [0.5, 0.6) is 0 Å². The monoisotopic (exact) mass is 211 g/mol. The van der Waals surface area contributed by atoms with Crippen LogP contribution < -0.4 is 5.32 Å². The fourth-order valence-electron chi connectivity index (χ4n) is 1.87. The highest BCUT2D eigenvalue weighted by molar-refractivity contribution is 5.73. The number of aldehydes is 1. The topological polar surface area (TPSA) is 35.6 Å². The second-order valence-electron chi connectivity index (χ2n) is 3.88. The first kappa shape index (κ1) is 12.0. The summed E-state index contributed by atoms with van der Waals surface area (Å²) in [5.41, 5.74) is 1.86. The fraction of sp³-hybridized carbons (Fsp3) is 0.727. The van der Waals surface area contributed by atoms with Crippen LogP contribution in [-0.2, 0) is 4.79 Å². The van der Waals surface area contributed by atoms with E-state index in [4.69, 9.17) is 0 Å². The molecule has 4 nitrogen and oxygen atoms in total. The van der Waals surface area contributed by atoms with E-state index < -0.39 is 0 Å². The molecule has 0 bridgehead atoms. The highest BCUT2D eigenvalue weighted by Gasteiger charge is 2.17. The molecule has 0 saturated carbocycles. The summed E-state index contributed by atoms with van der Waals surface area (Å²) in [6.07, 6.45) is 1.84. The largest absolute Gasteiger partial charge is 0.390 e. The summed E-state index contributed by atoms with van der Waals surface area (Å²) >= 11 is 0. The van der Waals surface area contributed by atoms with Gasteiger partial charge in [-0.1, -0.05) is 6.92 Å². The van der Waals surface area contributed by atoms with E-state index in [1.54, 1.807) is 0 Å². The zero-order valence-corrected chi connectivity index (χ0v) is 9.92. The van der Waals surface area contributed by atoms with Crippen LogP contribution in [0.15, 0.2) is 11.4 Å². The minimum absolute atomic E-state index is 0.827. The number of carbonyl (C=O) groups is 1. The average Bonchev–Trinajstić information content (AvgIpc) is 2.27. The van der Waals surface area contributed by atoms with E-state index in [2.05, 4.69) is 29.1 Å². The maximum absolute atomic E-state index is 11.1. The SMILES string of the molecule is CC/C(NC)=C(/C=O)N1CCN(C)CC1. The van der Waals surface area contributed by atoms with Crippen LogP contribution in [-0.4, -0.2) is 56.4 Å². The third kappa shape index (κ3) is 2.96. The molecule has 0 aromatic carbocycles. The van der Waals surface area contributed by atoms with Gasteiger partial charge in [0.2, 0.25) is 0 Å². The van der Waals surface area contributed by atoms with Crippen molar-refractivity contribution in [3.05, 3.63) is 11.4 Å². The standard InChI is InChI=1S/C11H21N3O/c1-4-10(12-2)11(9-15)14-7-5-13(3)6-8-14/h9,12H,4-8H2,1-3H3/b11-10+. The molecule has 0 aliphatic carbocycles. The summed E-state index contributed by atoms with van der Waals surface area (Å²) in [4.78, 5) is 15.5. The van der Waals surface area contributed by atoms with Gasteiger partial charge in [-0.2, -0.15) is 0 Å². The van der Waals surface area contributed by atoms with Crippen LogP contribution in [0.2, 0.25) is 0 Å². The number of allylic oxidation sites excluding steroid dienone is 2. The first-order chi connectivity index (χ1) is 7.22. The molecule has 0 amide bonds. The quantitative estimate of drug-likeness (QED) is 0.535. The molecule has 0 atom stereocenters. The van der Waals surface area contributed by atoms with Gasteiger partial charge in [-0.05, 0) is 13.5 Å². The molecule has 0 aromatic heterocycles. The summed E-state index contributed by atoms with van der Waals surface area (Å²) in [5.74, 6) is 0. The molecule has 0 spiro atoms. The summed E-state index contributed by atoms with van der Waals surface area (Å²) in [6.45, 7) is 5.99. The lowest BCUT2D eigenvalue weighted by molar-refractivity contribution is -0.106. The van der Waals surface area contributed by atoms with E-state index in [1.165, 1.54) is 0 Å². The molecule has 1 fully saturated rings. The Morgan fingerprint density at radius 2 is 1.93 bits per heavy atom.